The van der Waals surface area contributed by atoms with Crippen LogP contribution in [0.4, 0.5) is 5.69 Å². The van der Waals surface area contributed by atoms with Crippen LogP contribution in [0.25, 0.3) is 0 Å². The highest BCUT2D eigenvalue weighted by molar-refractivity contribution is 6.00. The molecule has 102 valence electrons. The van der Waals surface area contributed by atoms with Crippen LogP contribution in [0.1, 0.15) is 18.1 Å². The van der Waals surface area contributed by atoms with Gasteiger partial charge in [-0.25, -0.2) is 0 Å². The summed E-state index contributed by atoms with van der Waals surface area (Å²) in [6, 6.07) is 13.3. The predicted octanol–water partition coefficient (Wildman–Crippen LogP) is 3.31. The second-order valence-corrected chi connectivity index (χ2v) is 4.34. The Morgan fingerprint density at radius 2 is 1.85 bits per heavy atom. The van der Waals surface area contributed by atoms with Gasteiger partial charge in [0.2, 0.25) is 0 Å². The van der Waals surface area contributed by atoms with Gasteiger partial charge in [-0.1, -0.05) is 24.3 Å². The highest BCUT2D eigenvalue weighted by Crippen LogP contribution is 2.17. The molecule has 2 aromatic rings. The monoisotopic (exact) mass is 270 g/mol. The van der Waals surface area contributed by atoms with E-state index in [2.05, 4.69) is 4.99 Å². The fourth-order valence-electron chi connectivity index (χ4n) is 1.80. The molecule has 5 nitrogen and oxygen atoms in total. The summed E-state index contributed by atoms with van der Waals surface area (Å²) < 4.78 is 0. The molecule has 0 aliphatic heterocycles. The molecule has 0 atom stereocenters. The smallest absolute Gasteiger partial charge is 0.269 e. The van der Waals surface area contributed by atoms with E-state index in [-0.39, 0.29) is 11.4 Å². The lowest BCUT2D eigenvalue weighted by Gasteiger charge is -2.04. The van der Waals surface area contributed by atoms with E-state index in [1.807, 2.05) is 13.0 Å². The zero-order valence-corrected chi connectivity index (χ0v) is 11.0. The number of phenolic OH excluding ortho intramolecular Hbond substituents is 1. The van der Waals surface area contributed by atoms with E-state index in [4.69, 9.17) is 0 Å². The summed E-state index contributed by atoms with van der Waals surface area (Å²) in [5.41, 5.74) is 2.36. The summed E-state index contributed by atoms with van der Waals surface area (Å²) in [7, 11) is 0. The molecule has 0 radical (unpaired) electrons. The number of para-hydroxylation sites is 1. The summed E-state index contributed by atoms with van der Waals surface area (Å²) >= 11 is 0. The number of nitrogens with zero attached hydrogens (tertiary/aromatic N) is 2. The van der Waals surface area contributed by atoms with Crippen molar-refractivity contribution in [3.8, 4) is 5.75 Å². The molecular formula is C15H14N2O3. The number of nitro groups is 1. The first-order chi connectivity index (χ1) is 9.58. The van der Waals surface area contributed by atoms with Crippen molar-refractivity contribution in [1.82, 2.24) is 0 Å². The molecule has 0 fully saturated rings. The van der Waals surface area contributed by atoms with E-state index in [0.29, 0.717) is 12.1 Å². The van der Waals surface area contributed by atoms with Gasteiger partial charge in [0.05, 0.1) is 11.5 Å². The highest BCUT2D eigenvalue weighted by atomic mass is 16.6. The van der Waals surface area contributed by atoms with Crippen molar-refractivity contribution in [2.24, 2.45) is 4.99 Å². The maximum absolute atomic E-state index is 10.6. The Balaban J connectivity index is 2.13. The number of nitro benzene ring substituents is 1. The first-order valence-corrected chi connectivity index (χ1v) is 6.10. The van der Waals surface area contributed by atoms with Crippen molar-refractivity contribution in [2.45, 2.75) is 13.5 Å². The molecular weight excluding hydrogens is 256 g/mol. The Labute approximate surface area is 116 Å². The van der Waals surface area contributed by atoms with Crippen molar-refractivity contribution in [3.05, 3.63) is 69.8 Å². The molecule has 0 saturated carbocycles. The Bertz CT molecular complexity index is 648. The van der Waals surface area contributed by atoms with Crippen LogP contribution < -0.4 is 0 Å². The quantitative estimate of drug-likeness (QED) is 0.526. The number of aliphatic imine (C=N–C) groups is 1. The maximum Gasteiger partial charge on any atom is 0.269 e. The molecule has 0 aliphatic carbocycles. The summed E-state index contributed by atoms with van der Waals surface area (Å²) in [5.74, 6) is 0.192. The lowest BCUT2D eigenvalue weighted by molar-refractivity contribution is -0.384. The van der Waals surface area contributed by atoms with E-state index in [1.165, 1.54) is 12.1 Å². The summed E-state index contributed by atoms with van der Waals surface area (Å²) in [5, 5.41) is 20.3. The molecule has 0 spiro atoms. The fraction of sp³-hybridized carbons (Fsp3) is 0.133. The van der Waals surface area contributed by atoms with E-state index >= 15 is 0 Å². The number of hydrogen-bond acceptors (Lipinski definition) is 4. The molecule has 0 bridgehead atoms. The summed E-state index contributed by atoms with van der Waals surface area (Å²) in [6.07, 6.45) is 0. The first kappa shape index (κ1) is 13.7. The van der Waals surface area contributed by atoms with Crippen LogP contribution >= 0.6 is 0 Å². The third-order valence-electron chi connectivity index (χ3n) is 2.94. The predicted molar refractivity (Wildman–Crippen MR) is 77.1 cm³/mol. The largest absolute Gasteiger partial charge is 0.507 e. The average molecular weight is 270 g/mol. The first-order valence-electron chi connectivity index (χ1n) is 6.10. The van der Waals surface area contributed by atoms with E-state index in [0.717, 1.165) is 11.3 Å². The van der Waals surface area contributed by atoms with Crippen molar-refractivity contribution >= 4 is 11.4 Å². The number of hydrogen-bond donors (Lipinski definition) is 1. The lowest BCUT2D eigenvalue weighted by atomic mass is 10.1. The molecule has 2 rings (SSSR count). The van der Waals surface area contributed by atoms with Gasteiger partial charge in [0.1, 0.15) is 5.75 Å². The van der Waals surface area contributed by atoms with Gasteiger partial charge >= 0.3 is 0 Å². The molecule has 0 aromatic heterocycles. The van der Waals surface area contributed by atoms with Gasteiger partial charge in [0, 0.05) is 23.4 Å². The topological polar surface area (TPSA) is 75.7 Å². The molecule has 5 heteroatoms. The van der Waals surface area contributed by atoms with Gasteiger partial charge in [0.15, 0.2) is 0 Å². The van der Waals surface area contributed by atoms with E-state index < -0.39 is 4.92 Å². The van der Waals surface area contributed by atoms with Gasteiger partial charge < -0.3 is 5.11 Å². The number of benzene rings is 2. The van der Waals surface area contributed by atoms with Crippen molar-refractivity contribution in [1.29, 1.82) is 0 Å². The van der Waals surface area contributed by atoms with Gasteiger partial charge in [-0.15, -0.1) is 0 Å². The lowest BCUT2D eigenvalue weighted by Crippen LogP contribution is -1.96. The van der Waals surface area contributed by atoms with Crippen molar-refractivity contribution < 1.29 is 10.0 Å². The standard InChI is InChI=1S/C15H14N2O3/c1-11(14-4-2-3-5-15(14)18)16-10-12-6-8-13(9-7-12)17(19)20/h2-9,18H,10H2,1H3. The van der Waals surface area contributed by atoms with Crippen LogP contribution in [0.3, 0.4) is 0 Å². The van der Waals surface area contributed by atoms with Crippen LogP contribution in [0, 0.1) is 10.1 Å². The van der Waals surface area contributed by atoms with Crippen molar-refractivity contribution in [2.75, 3.05) is 0 Å². The van der Waals surface area contributed by atoms with Crippen LogP contribution in [0.5, 0.6) is 5.75 Å². The Hall–Kier alpha value is -2.69. The number of rotatable bonds is 4. The second kappa shape index (κ2) is 5.97. The summed E-state index contributed by atoms with van der Waals surface area (Å²) in [4.78, 5) is 14.5. The molecule has 20 heavy (non-hydrogen) atoms. The second-order valence-electron chi connectivity index (χ2n) is 4.34. The van der Waals surface area contributed by atoms with Crippen LogP contribution in [0.15, 0.2) is 53.5 Å². The summed E-state index contributed by atoms with van der Waals surface area (Å²) in [6.45, 7) is 2.23. The Morgan fingerprint density at radius 1 is 1.20 bits per heavy atom. The van der Waals surface area contributed by atoms with Gasteiger partial charge in [0.25, 0.3) is 5.69 Å². The molecule has 0 unspecified atom stereocenters. The van der Waals surface area contributed by atoms with Gasteiger partial charge in [-0.05, 0) is 24.6 Å². The van der Waals surface area contributed by atoms with Crippen LogP contribution in [0.2, 0.25) is 0 Å². The molecule has 0 heterocycles. The zero-order chi connectivity index (χ0) is 14.5. The van der Waals surface area contributed by atoms with Gasteiger partial charge in [-0.2, -0.15) is 0 Å². The number of phenols is 1. The average Bonchev–Trinajstić information content (AvgIpc) is 2.45. The SMILES string of the molecule is CC(=NCc1ccc([N+](=O)[O-])cc1)c1ccccc1O. The zero-order valence-electron chi connectivity index (χ0n) is 11.0. The maximum atomic E-state index is 10.6. The Morgan fingerprint density at radius 3 is 2.45 bits per heavy atom. The minimum atomic E-state index is -0.430. The molecule has 0 saturated heterocycles. The molecule has 2 aromatic carbocycles. The third-order valence-corrected chi connectivity index (χ3v) is 2.94. The van der Waals surface area contributed by atoms with Crippen LogP contribution in [-0.4, -0.2) is 15.7 Å². The molecule has 1 N–H and O–H groups in total. The fourth-order valence-corrected chi connectivity index (χ4v) is 1.80. The molecule has 0 amide bonds. The third kappa shape index (κ3) is 3.20. The van der Waals surface area contributed by atoms with E-state index in [9.17, 15) is 15.2 Å². The van der Waals surface area contributed by atoms with Crippen LogP contribution in [-0.2, 0) is 6.54 Å². The highest BCUT2D eigenvalue weighted by Gasteiger charge is 2.05. The van der Waals surface area contributed by atoms with E-state index in [1.54, 1.807) is 30.3 Å². The number of non-ortho nitro benzene ring substituents is 1. The minimum Gasteiger partial charge on any atom is -0.507 e. The normalized spacial score (nSPS) is 11.3. The number of aromatic hydroxyl groups is 1. The minimum absolute atomic E-state index is 0.0650. The Kier molecular flexibility index (Phi) is 4.10. The molecule has 0 aliphatic rings. The van der Waals surface area contributed by atoms with Gasteiger partial charge in [-0.3, -0.25) is 15.1 Å². The van der Waals surface area contributed by atoms with Crippen molar-refractivity contribution in [3.63, 3.8) is 0 Å².